The Kier molecular flexibility index (Phi) is 2.60. The zero-order valence-corrected chi connectivity index (χ0v) is 10.3. The Morgan fingerprint density at radius 3 is 1.50 bits per heavy atom. The van der Waals surface area contributed by atoms with Crippen LogP contribution in [0.1, 0.15) is 18.1 Å². The van der Waals surface area contributed by atoms with E-state index in [0.717, 1.165) is 11.1 Å². The van der Waals surface area contributed by atoms with Crippen molar-refractivity contribution in [1.82, 2.24) is 0 Å². The lowest BCUT2D eigenvalue weighted by Gasteiger charge is -1.96. The van der Waals surface area contributed by atoms with Crippen molar-refractivity contribution >= 4 is 16.9 Å². The van der Waals surface area contributed by atoms with E-state index in [2.05, 4.69) is 24.3 Å². The average molecular weight is 234 g/mol. The van der Waals surface area contributed by atoms with Crippen molar-refractivity contribution in [2.45, 2.75) is 6.92 Å². The number of Topliss-reactive ketones (excluding diaryl/α,β-unsaturated/α-hetero) is 1. The molecule has 0 fully saturated rings. The summed E-state index contributed by atoms with van der Waals surface area (Å²) in [6.07, 6.45) is 0. The fourth-order valence-electron chi connectivity index (χ4n) is 2.51. The molecule has 0 radical (unpaired) electrons. The molecule has 0 heterocycles. The predicted octanol–water partition coefficient (Wildman–Crippen LogP) is 3.82. The summed E-state index contributed by atoms with van der Waals surface area (Å²) in [4.78, 5) is 11.7. The molecule has 1 aliphatic rings. The normalized spacial score (nSPS) is 14.7. The number of benzene rings is 2. The van der Waals surface area contributed by atoms with Crippen LogP contribution in [0.2, 0.25) is 0 Å². The van der Waals surface area contributed by atoms with Gasteiger partial charge in [-0.2, -0.15) is 0 Å². The molecule has 2 aromatic carbocycles. The van der Waals surface area contributed by atoms with Gasteiger partial charge in [-0.1, -0.05) is 60.7 Å². The zero-order valence-electron chi connectivity index (χ0n) is 10.3. The van der Waals surface area contributed by atoms with Crippen LogP contribution in [0.25, 0.3) is 11.1 Å². The number of hydrogen-bond acceptors (Lipinski definition) is 1. The summed E-state index contributed by atoms with van der Waals surface area (Å²) in [7, 11) is 0. The van der Waals surface area contributed by atoms with Gasteiger partial charge in [0, 0.05) is 0 Å². The number of hydrogen-bond donors (Lipinski definition) is 0. The highest BCUT2D eigenvalue weighted by Gasteiger charge is 2.41. The smallest absolute Gasteiger partial charge is 0.141 e. The van der Waals surface area contributed by atoms with E-state index in [1.807, 2.05) is 36.4 Å². The first-order valence-electron chi connectivity index (χ1n) is 6.14. The third kappa shape index (κ3) is 1.78. The van der Waals surface area contributed by atoms with Gasteiger partial charge < -0.3 is 0 Å². The second kappa shape index (κ2) is 4.26. The summed E-state index contributed by atoms with van der Waals surface area (Å²) >= 11 is 0. The highest BCUT2D eigenvalue weighted by Crippen LogP contribution is 2.53. The third-order valence-corrected chi connectivity index (χ3v) is 3.36. The number of carbonyl (C=O) groups excluding carboxylic acids is 1. The molecule has 3 rings (SSSR count). The number of allylic oxidation sites excluding steroid dienone is 2. The molecule has 2 aromatic rings. The van der Waals surface area contributed by atoms with Crippen LogP contribution in [0.15, 0.2) is 60.7 Å². The minimum atomic E-state index is -0.00481. The first kappa shape index (κ1) is 11.0. The summed E-state index contributed by atoms with van der Waals surface area (Å²) in [5.41, 5.74) is 4.71. The van der Waals surface area contributed by atoms with Gasteiger partial charge in [-0.25, -0.2) is 0 Å². The number of rotatable bonds is 3. The van der Waals surface area contributed by atoms with E-state index >= 15 is 0 Å². The minimum Gasteiger partial charge on any atom is -0.299 e. The zero-order chi connectivity index (χ0) is 12.5. The summed E-state index contributed by atoms with van der Waals surface area (Å²) in [5.74, 6) is 0.225. The van der Waals surface area contributed by atoms with Crippen LogP contribution in [-0.2, 0) is 4.79 Å². The molecule has 1 aliphatic carbocycles. The largest absolute Gasteiger partial charge is 0.299 e. The van der Waals surface area contributed by atoms with E-state index in [-0.39, 0.29) is 11.7 Å². The summed E-state index contributed by atoms with van der Waals surface area (Å²) in [5, 5.41) is 0. The molecule has 0 N–H and O–H groups in total. The van der Waals surface area contributed by atoms with Crippen molar-refractivity contribution < 1.29 is 4.79 Å². The molecule has 0 unspecified atom stereocenters. The van der Waals surface area contributed by atoms with E-state index in [0.29, 0.717) is 0 Å². The van der Waals surface area contributed by atoms with Gasteiger partial charge in [-0.15, -0.1) is 0 Å². The average Bonchev–Trinajstić information content (AvgIpc) is 3.16. The summed E-state index contributed by atoms with van der Waals surface area (Å²) < 4.78 is 0. The first-order chi connectivity index (χ1) is 8.79. The van der Waals surface area contributed by atoms with Crippen LogP contribution in [0.3, 0.4) is 0 Å². The van der Waals surface area contributed by atoms with Gasteiger partial charge in [0.2, 0.25) is 0 Å². The maximum Gasteiger partial charge on any atom is 0.141 e. The Labute approximate surface area is 107 Å². The highest BCUT2D eigenvalue weighted by molar-refractivity contribution is 6.23. The molecule has 0 bridgehead atoms. The van der Waals surface area contributed by atoms with E-state index < -0.39 is 0 Å². The van der Waals surface area contributed by atoms with E-state index in [9.17, 15) is 4.79 Å². The molecular formula is C17H14O. The maximum absolute atomic E-state index is 11.7. The summed E-state index contributed by atoms with van der Waals surface area (Å²) in [6.45, 7) is 1.67. The fourth-order valence-corrected chi connectivity index (χ4v) is 2.51. The quantitative estimate of drug-likeness (QED) is 0.789. The van der Waals surface area contributed by atoms with Crippen molar-refractivity contribution in [2.24, 2.45) is 5.92 Å². The Morgan fingerprint density at radius 1 is 0.778 bits per heavy atom. The van der Waals surface area contributed by atoms with Gasteiger partial charge in [0.15, 0.2) is 0 Å². The van der Waals surface area contributed by atoms with E-state index in [1.54, 1.807) is 6.92 Å². The van der Waals surface area contributed by atoms with E-state index in [1.165, 1.54) is 11.1 Å². The third-order valence-electron chi connectivity index (χ3n) is 3.36. The maximum atomic E-state index is 11.7. The standard InChI is InChI=1S/C17H14O/c1-12(18)15-16(13-8-4-2-5-9-13)17(15)14-10-6-3-7-11-14/h2-11,15H,1H3. The van der Waals surface area contributed by atoms with Crippen LogP contribution in [0.5, 0.6) is 0 Å². The first-order valence-corrected chi connectivity index (χ1v) is 6.14. The van der Waals surface area contributed by atoms with Crippen LogP contribution < -0.4 is 0 Å². The lowest BCUT2D eigenvalue weighted by Crippen LogP contribution is -1.97. The molecule has 0 saturated carbocycles. The Bertz CT molecular complexity index is 559. The molecule has 0 saturated heterocycles. The Morgan fingerprint density at radius 2 is 1.17 bits per heavy atom. The minimum absolute atomic E-state index is 0.00481. The van der Waals surface area contributed by atoms with Crippen LogP contribution in [-0.4, -0.2) is 5.78 Å². The van der Waals surface area contributed by atoms with Gasteiger partial charge >= 0.3 is 0 Å². The molecule has 0 aromatic heterocycles. The molecule has 0 atom stereocenters. The second-order valence-corrected chi connectivity index (χ2v) is 4.60. The molecule has 88 valence electrons. The van der Waals surface area contributed by atoms with Crippen LogP contribution in [0, 0.1) is 5.92 Å². The summed E-state index contributed by atoms with van der Waals surface area (Å²) in [6, 6.07) is 20.3. The second-order valence-electron chi connectivity index (χ2n) is 4.60. The van der Waals surface area contributed by atoms with Crippen molar-refractivity contribution in [2.75, 3.05) is 0 Å². The lowest BCUT2D eigenvalue weighted by atomic mass is 10.1. The van der Waals surface area contributed by atoms with Crippen molar-refractivity contribution in [1.29, 1.82) is 0 Å². The van der Waals surface area contributed by atoms with Crippen LogP contribution in [0.4, 0.5) is 0 Å². The van der Waals surface area contributed by atoms with Gasteiger partial charge in [-0.05, 0) is 29.2 Å². The highest BCUT2D eigenvalue weighted by atomic mass is 16.1. The van der Waals surface area contributed by atoms with Crippen LogP contribution >= 0.6 is 0 Å². The van der Waals surface area contributed by atoms with E-state index in [4.69, 9.17) is 0 Å². The van der Waals surface area contributed by atoms with Crippen molar-refractivity contribution in [3.05, 3.63) is 71.8 Å². The number of ketones is 1. The monoisotopic (exact) mass is 234 g/mol. The van der Waals surface area contributed by atoms with Gasteiger partial charge in [0.25, 0.3) is 0 Å². The SMILES string of the molecule is CC(=O)C1C(c2ccccc2)=C1c1ccccc1. The topological polar surface area (TPSA) is 17.1 Å². The molecule has 0 spiro atoms. The Hall–Kier alpha value is -2.15. The van der Waals surface area contributed by atoms with Crippen molar-refractivity contribution in [3.8, 4) is 0 Å². The van der Waals surface area contributed by atoms with Gasteiger partial charge in [-0.3, -0.25) is 4.79 Å². The van der Waals surface area contributed by atoms with Crippen molar-refractivity contribution in [3.63, 3.8) is 0 Å². The molecule has 18 heavy (non-hydrogen) atoms. The fraction of sp³-hybridized carbons (Fsp3) is 0.118. The Balaban J connectivity index is 2.05. The van der Waals surface area contributed by atoms with Gasteiger partial charge in [0.1, 0.15) is 5.78 Å². The van der Waals surface area contributed by atoms with Gasteiger partial charge in [0.05, 0.1) is 5.92 Å². The molecule has 0 aliphatic heterocycles. The lowest BCUT2D eigenvalue weighted by molar-refractivity contribution is -0.117. The molecule has 1 heteroatoms. The predicted molar refractivity (Wildman–Crippen MR) is 73.9 cm³/mol. The molecule has 1 nitrogen and oxygen atoms in total. The molecule has 0 amide bonds. The number of carbonyl (C=O) groups is 1. The molecular weight excluding hydrogens is 220 g/mol.